The van der Waals surface area contributed by atoms with Gasteiger partial charge in [-0.3, -0.25) is 14.5 Å². The van der Waals surface area contributed by atoms with Gasteiger partial charge in [-0.1, -0.05) is 24.3 Å². The number of halogens is 2. The van der Waals surface area contributed by atoms with Crippen LogP contribution in [-0.4, -0.2) is 22.6 Å². The van der Waals surface area contributed by atoms with Crippen LogP contribution < -0.4 is 4.90 Å². The van der Waals surface area contributed by atoms with Crippen LogP contribution in [0.1, 0.15) is 18.2 Å². The molecule has 0 radical (unpaired) electrons. The van der Waals surface area contributed by atoms with E-state index in [4.69, 9.17) is 4.74 Å². The highest BCUT2D eigenvalue weighted by Gasteiger charge is 2.21. The molecular weight excluding hydrogens is 430 g/mol. The van der Waals surface area contributed by atoms with Gasteiger partial charge in [0.2, 0.25) is 5.91 Å². The Morgan fingerprint density at radius 1 is 1.13 bits per heavy atom. The summed E-state index contributed by atoms with van der Waals surface area (Å²) in [6.45, 7) is 1.28. The average Bonchev–Trinajstić information content (AvgIpc) is 3.18. The van der Waals surface area contributed by atoms with Gasteiger partial charge >= 0.3 is 5.97 Å². The number of hydrogen-bond donors (Lipinski definition) is 0. The van der Waals surface area contributed by atoms with E-state index in [2.05, 4.69) is 4.98 Å². The molecule has 30 heavy (non-hydrogen) atoms. The number of thiazole rings is 1. The van der Waals surface area contributed by atoms with E-state index in [0.717, 1.165) is 16.9 Å². The van der Waals surface area contributed by atoms with Crippen molar-refractivity contribution in [2.45, 2.75) is 19.3 Å². The van der Waals surface area contributed by atoms with Crippen LogP contribution in [0.3, 0.4) is 0 Å². The Labute approximate surface area is 180 Å². The fraction of sp³-hybridized carbons (Fsp3) is 0.190. The summed E-state index contributed by atoms with van der Waals surface area (Å²) in [4.78, 5) is 29.5. The lowest BCUT2D eigenvalue weighted by Crippen LogP contribution is -2.23. The molecule has 9 heteroatoms. The molecule has 1 aromatic heterocycles. The molecule has 0 bridgehead atoms. The number of carbonyl (C=O) groups excluding carboxylic acids is 2. The minimum absolute atomic E-state index is 0.0462. The van der Waals surface area contributed by atoms with E-state index in [1.807, 2.05) is 0 Å². The minimum Gasteiger partial charge on any atom is -0.459 e. The highest BCUT2D eigenvalue weighted by Crippen LogP contribution is 2.30. The quantitative estimate of drug-likeness (QED) is 0.450. The number of para-hydroxylation sites is 1. The molecule has 3 aromatic rings. The summed E-state index contributed by atoms with van der Waals surface area (Å²) in [7, 11) is 0. The Kier molecular flexibility index (Phi) is 7.53. The molecule has 1 heterocycles. The standard InChI is InChI=1S/C21H18F2N2O3S2/c1-14(26)25(19-5-3-2-4-18(19)23)21-24-17(12-30-21)10-28-20(27)13-29-11-15-6-8-16(22)9-7-15/h2-9,12H,10-11,13H2,1H3. The predicted molar refractivity (Wildman–Crippen MR) is 114 cm³/mol. The third-order valence-corrected chi connectivity index (χ3v) is 5.77. The van der Waals surface area contributed by atoms with E-state index in [1.54, 1.807) is 23.6 Å². The molecule has 0 saturated heterocycles. The summed E-state index contributed by atoms with van der Waals surface area (Å²) in [6.07, 6.45) is 0. The average molecular weight is 449 g/mol. The first-order valence-electron chi connectivity index (χ1n) is 8.91. The van der Waals surface area contributed by atoms with E-state index >= 15 is 0 Å². The van der Waals surface area contributed by atoms with Gasteiger partial charge in [0.15, 0.2) is 5.13 Å². The zero-order chi connectivity index (χ0) is 21.5. The van der Waals surface area contributed by atoms with Gasteiger partial charge < -0.3 is 4.74 Å². The molecular formula is C21H18F2N2O3S2. The van der Waals surface area contributed by atoms with E-state index in [1.165, 1.54) is 53.9 Å². The summed E-state index contributed by atoms with van der Waals surface area (Å²) < 4.78 is 32.2. The Morgan fingerprint density at radius 3 is 2.57 bits per heavy atom. The fourth-order valence-corrected chi connectivity index (χ4v) is 4.18. The maximum absolute atomic E-state index is 14.1. The van der Waals surface area contributed by atoms with Crippen molar-refractivity contribution in [2.75, 3.05) is 10.7 Å². The molecule has 0 aliphatic rings. The van der Waals surface area contributed by atoms with Gasteiger partial charge in [-0.15, -0.1) is 23.1 Å². The first-order valence-corrected chi connectivity index (χ1v) is 10.9. The van der Waals surface area contributed by atoms with Crippen LogP contribution >= 0.6 is 23.1 Å². The number of nitrogens with zero attached hydrogens (tertiary/aromatic N) is 2. The van der Waals surface area contributed by atoms with E-state index in [0.29, 0.717) is 16.6 Å². The number of ether oxygens (including phenoxy) is 1. The number of anilines is 2. The highest BCUT2D eigenvalue weighted by atomic mass is 32.2. The number of benzene rings is 2. The maximum atomic E-state index is 14.1. The summed E-state index contributed by atoms with van der Waals surface area (Å²) in [5.41, 5.74) is 1.49. The third-order valence-electron chi connectivity index (χ3n) is 3.92. The Balaban J connectivity index is 1.53. The summed E-state index contributed by atoms with van der Waals surface area (Å²) in [6, 6.07) is 12.0. The van der Waals surface area contributed by atoms with E-state index < -0.39 is 11.8 Å². The molecule has 1 amide bonds. The maximum Gasteiger partial charge on any atom is 0.316 e. The zero-order valence-electron chi connectivity index (χ0n) is 16.0. The SMILES string of the molecule is CC(=O)N(c1nc(COC(=O)CSCc2ccc(F)cc2)cs1)c1ccccc1F. The molecule has 0 aliphatic heterocycles. The minimum atomic E-state index is -0.533. The van der Waals surface area contributed by atoms with Gasteiger partial charge in [0.25, 0.3) is 0 Å². The fourth-order valence-electron chi connectivity index (χ4n) is 2.53. The van der Waals surface area contributed by atoms with Crippen molar-refractivity contribution in [3.63, 3.8) is 0 Å². The van der Waals surface area contributed by atoms with Gasteiger partial charge in [0.05, 0.1) is 17.1 Å². The van der Waals surface area contributed by atoms with Crippen LogP contribution in [0.4, 0.5) is 19.6 Å². The molecule has 0 atom stereocenters. The van der Waals surface area contributed by atoms with E-state index in [-0.39, 0.29) is 29.8 Å². The number of esters is 1. The second-order valence-corrected chi connectivity index (χ2v) is 8.03. The molecule has 2 aromatic carbocycles. The van der Waals surface area contributed by atoms with Crippen molar-refractivity contribution in [1.29, 1.82) is 0 Å². The third kappa shape index (κ3) is 5.87. The lowest BCUT2D eigenvalue weighted by atomic mass is 10.2. The topological polar surface area (TPSA) is 59.5 Å². The number of rotatable bonds is 8. The van der Waals surface area contributed by atoms with Gasteiger partial charge in [-0.05, 0) is 29.8 Å². The molecule has 0 saturated carbocycles. The van der Waals surface area contributed by atoms with Crippen LogP contribution in [0.2, 0.25) is 0 Å². The number of aromatic nitrogens is 1. The first-order chi connectivity index (χ1) is 14.4. The smallest absolute Gasteiger partial charge is 0.316 e. The molecule has 5 nitrogen and oxygen atoms in total. The van der Waals surface area contributed by atoms with Crippen LogP contribution in [0, 0.1) is 11.6 Å². The van der Waals surface area contributed by atoms with Gasteiger partial charge in [-0.2, -0.15) is 0 Å². The summed E-state index contributed by atoms with van der Waals surface area (Å²) >= 11 is 2.52. The highest BCUT2D eigenvalue weighted by molar-refractivity contribution is 7.99. The zero-order valence-corrected chi connectivity index (χ0v) is 17.6. The normalized spacial score (nSPS) is 10.6. The molecule has 0 fully saturated rings. The van der Waals surface area contributed by atoms with Crippen molar-refractivity contribution in [2.24, 2.45) is 0 Å². The molecule has 3 rings (SSSR count). The molecule has 0 spiro atoms. The summed E-state index contributed by atoms with van der Waals surface area (Å²) in [5.74, 6) is -0.919. The monoisotopic (exact) mass is 448 g/mol. The summed E-state index contributed by atoms with van der Waals surface area (Å²) in [5, 5.41) is 1.95. The van der Waals surface area contributed by atoms with Crippen molar-refractivity contribution in [3.8, 4) is 0 Å². The van der Waals surface area contributed by atoms with Gasteiger partial charge in [-0.25, -0.2) is 13.8 Å². The molecule has 0 aliphatic carbocycles. The van der Waals surface area contributed by atoms with Crippen LogP contribution in [0.5, 0.6) is 0 Å². The Bertz CT molecular complexity index is 1030. The van der Waals surface area contributed by atoms with Gasteiger partial charge in [0.1, 0.15) is 18.2 Å². The van der Waals surface area contributed by atoms with Crippen molar-refractivity contribution in [1.82, 2.24) is 4.98 Å². The predicted octanol–water partition coefficient (Wildman–Crippen LogP) is 5.08. The molecule has 0 unspecified atom stereocenters. The van der Waals surface area contributed by atoms with Crippen molar-refractivity contribution >= 4 is 45.8 Å². The molecule has 0 N–H and O–H groups in total. The Morgan fingerprint density at radius 2 is 1.87 bits per heavy atom. The lowest BCUT2D eigenvalue weighted by Gasteiger charge is -2.18. The van der Waals surface area contributed by atoms with Gasteiger partial charge in [0, 0.05) is 18.1 Å². The van der Waals surface area contributed by atoms with Crippen molar-refractivity contribution in [3.05, 3.63) is 76.8 Å². The number of thioether (sulfide) groups is 1. The lowest BCUT2D eigenvalue weighted by molar-refractivity contribution is -0.141. The Hall–Kier alpha value is -2.78. The van der Waals surface area contributed by atoms with Crippen LogP contribution in [0.25, 0.3) is 0 Å². The van der Waals surface area contributed by atoms with Crippen LogP contribution in [-0.2, 0) is 26.7 Å². The second kappa shape index (κ2) is 10.3. The first kappa shape index (κ1) is 21.9. The second-order valence-electron chi connectivity index (χ2n) is 6.21. The van der Waals surface area contributed by atoms with E-state index in [9.17, 15) is 18.4 Å². The molecule has 156 valence electrons. The largest absolute Gasteiger partial charge is 0.459 e. The number of carbonyl (C=O) groups is 2. The van der Waals surface area contributed by atoms with Crippen molar-refractivity contribution < 1.29 is 23.1 Å². The number of hydrogen-bond acceptors (Lipinski definition) is 6. The number of amides is 1. The van der Waals surface area contributed by atoms with Crippen LogP contribution in [0.15, 0.2) is 53.9 Å².